The van der Waals surface area contributed by atoms with E-state index in [1.807, 2.05) is 48.1 Å². The molecule has 8 heteroatoms. The van der Waals surface area contributed by atoms with Crippen LogP contribution >= 0.6 is 11.3 Å². The van der Waals surface area contributed by atoms with E-state index < -0.39 is 0 Å². The maximum Gasteiger partial charge on any atom is 0.223 e. The molecule has 1 aromatic carbocycles. The van der Waals surface area contributed by atoms with Gasteiger partial charge in [-0.2, -0.15) is 0 Å². The first-order valence-corrected chi connectivity index (χ1v) is 10.6. The van der Waals surface area contributed by atoms with Gasteiger partial charge in [-0.15, -0.1) is 11.3 Å². The molecule has 3 aromatic heterocycles. The number of nitrogens with one attached hydrogen (secondary N) is 2. The predicted octanol–water partition coefficient (Wildman–Crippen LogP) is 3.69. The molecule has 0 bridgehead atoms. The Bertz CT molecular complexity index is 1110. The number of hydrogen-bond acceptors (Lipinski definition) is 7. The second-order valence-corrected chi connectivity index (χ2v) is 7.92. The molecule has 5 rings (SSSR count). The molecule has 2 N–H and O–H groups in total. The first kappa shape index (κ1) is 18.1. The van der Waals surface area contributed by atoms with Crippen LogP contribution in [0.15, 0.2) is 48.1 Å². The van der Waals surface area contributed by atoms with Crippen molar-refractivity contribution in [1.29, 1.82) is 0 Å². The molecule has 1 atom stereocenters. The maximum atomic E-state index is 5.29. The lowest BCUT2D eigenvalue weighted by atomic mass is 10.1. The molecule has 29 heavy (non-hydrogen) atoms. The zero-order chi connectivity index (χ0) is 19.6. The highest BCUT2D eigenvalue weighted by atomic mass is 32.1. The van der Waals surface area contributed by atoms with Crippen molar-refractivity contribution in [1.82, 2.24) is 24.7 Å². The van der Waals surface area contributed by atoms with Crippen LogP contribution in [0.5, 0.6) is 5.75 Å². The van der Waals surface area contributed by atoms with Gasteiger partial charge in [-0.1, -0.05) is 0 Å². The zero-order valence-corrected chi connectivity index (χ0v) is 16.9. The fourth-order valence-electron chi connectivity index (χ4n) is 3.70. The summed E-state index contributed by atoms with van der Waals surface area (Å²) in [7, 11) is 1.67. The Morgan fingerprint density at radius 3 is 2.90 bits per heavy atom. The van der Waals surface area contributed by atoms with Gasteiger partial charge in [0.15, 0.2) is 4.96 Å². The third kappa shape index (κ3) is 3.56. The Balaban J connectivity index is 1.55. The number of imidazole rings is 1. The van der Waals surface area contributed by atoms with Crippen molar-refractivity contribution in [2.75, 3.05) is 25.5 Å². The van der Waals surface area contributed by atoms with Gasteiger partial charge >= 0.3 is 0 Å². The molecule has 0 saturated carbocycles. The summed E-state index contributed by atoms with van der Waals surface area (Å²) in [4.78, 5) is 15.1. The highest BCUT2D eigenvalue weighted by molar-refractivity contribution is 7.15. The van der Waals surface area contributed by atoms with Gasteiger partial charge in [0.2, 0.25) is 5.95 Å². The van der Waals surface area contributed by atoms with Crippen LogP contribution in [0.4, 0.5) is 5.95 Å². The van der Waals surface area contributed by atoms with E-state index in [0.29, 0.717) is 12.0 Å². The Labute approximate surface area is 172 Å². The summed E-state index contributed by atoms with van der Waals surface area (Å²) in [6.45, 7) is 2.02. The number of methoxy groups -OCH3 is 1. The van der Waals surface area contributed by atoms with Gasteiger partial charge in [-0.05, 0) is 49.7 Å². The van der Waals surface area contributed by atoms with Gasteiger partial charge in [0, 0.05) is 35.9 Å². The molecule has 0 radical (unpaired) electrons. The van der Waals surface area contributed by atoms with E-state index in [1.165, 1.54) is 0 Å². The van der Waals surface area contributed by atoms with Crippen molar-refractivity contribution in [3.05, 3.63) is 48.1 Å². The molecule has 1 aliphatic rings. The largest absolute Gasteiger partial charge is 0.497 e. The van der Waals surface area contributed by atoms with Gasteiger partial charge in [-0.3, -0.25) is 4.40 Å². The minimum Gasteiger partial charge on any atom is -0.497 e. The first-order chi connectivity index (χ1) is 14.3. The third-order valence-corrected chi connectivity index (χ3v) is 5.91. The fourth-order valence-corrected chi connectivity index (χ4v) is 4.41. The Morgan fingerprint density at radius 1 is 1.21 bits per heavy atom. The van der Waals surface area contributed by atoms with Gasteiger partial charge in [0.1, 0.15) is 11.4 Å². The molecule has 4 heterocycles. The van der Waals surface area contributed by atoms with Gasteiger partial charge in [0.05, 0.1) is 18.5 Å². The topological polar surface area (TPSA) is 76.4 Å². The van der Waals surface area contributed by atoms with Crippen LogP contribution in [0, 0.1) is 0 Å². The van der Waals surface area contributed by atoms with Crippen LogP contribution in [-0.4, -0.2) is 45.6 Å². The molecular formula is C21H22N6OS. The molecule has 0 amide bonds. The standard InChI is InChI=1S/C21H22N6OS/c1-28-16-6-4-14(5-7-16)18-19(27-11-12-29-21(27)26-18)17-8-10-23-20(25-17)24-15-3-2-9-22-13-15/h4-8,10-12,15,22H,2-3,9,13H2,1H3,(H,23,24,25). The lowest BCUT2D eigenvalue weighted by molar-refractivity contribution is 0.415. The van der Waals surface area contributed by atoms with Gasteiger partial charge in [0.25, 0.3) is 0 Å². The monoisotopic (exact) mass is 406 g/mol. The number of piperidine rings is 1. The average Bonchev–Trinajstić information content (AvgIpc) is 3.36. The van der Waals surface area contributed by atoms with Gasteiger partial charge in [-0.25, -0.2) is 15.0 Å². The number of ether oxygens (including phenoxy) is 1. The zero-order valence-electron chi connectivity index (χ0n) is 16.1. The normalized spacial score (nSPS) is 16.8. The molecule has 1 fully saturated rings. The van der Waals surface area contributed by atoms with Crippen molar-refractivity contribution in [2.24, 2.45) is 0 Å². The van der Waals surface area contributed by atoms with E-state index in [-0.39, 0.29) is 0 Å². The molecule has 1 aliphatic heterocycles. The van der Waals surface area contributed by atoms with Crippen molar-refractivity contribution >= 4 is 22.2 Å². The Kier molecular flexibility index (Phi) is 4.87. The van der Waals surface area contributed by atoms with Crippen molar-refractivity contribution in [3.63, 3.8) is 0 Å². The lowest BCUT2D eigenvalue weighted by Crippen LogP contribution is -2.38. The predicted molar refractivity (Wildman–Crippen MR) is 116 cm³/mol. The summed E-state index contributed by atoms with van der Waals surface area (Å²) in [5, 5.41) is 8.93. The van der Waals surface area contributed by atoms with Crippen LogP contribution in [0.1, 0.15) is 12.8 Å². The third-order valence-electron chi connectivity index (χ3n) is 5.15. The first-order valence-electron chi connectivity index (χ1n) is 9.72. The quantitative estimate of drug-likeness (QED) is 0.526. The minimum absolute atomic E-state index is 0.353. The smallest absolute Gasteiger partial charge is 0.223 e. The van der Waals surface area contributed by atoms with Crippen LogP contribution in [0.2, 0.25) is 0 Å². The maximum absolute atomic E-state index is 5.29. The van der Waals surface area contributed by atoms with Crippen LogP contribution in [-0.2, 0) is 0 Å². The molecule has 1 unspecified atom stereocenters. The number of aromatic nitrogens is 4. The van der Waals surface area contributed by atoms with Crippen LogP contribution < -0.4 is 15.4 Å². The molecule has 1 saturated heterocycles. The molecule has 0 aliphatic carbocycles. The summed E-state index contributed by atoms with van der Waals surface area (Å²) < 4.78 is 7.39. The molecule has 4 aromatic rings. The minimum atomic E-state index is 0.353. The van der Waals surface area contributed by atoms with E-state index in [2.05, 4.69) is 20.0 Å². The number of fused-ring (bicyclic) bond motifs is 1. The molecule has 0 spiro atoms. The van der Waals surface area contributed by atoms with E-state index in [0.717, 1.165) is 59.3 Å². The SMILES string of the molecule is COc1ccc(-c2nc3sccn3c2-c2ccnc(NC3CCCNC3)n2)cc1. The van der Waals surface area contributed by atoms with Crippen LogP contribution in [0.25, 0.3) is 27.6 Å². The highest BCUT2D eigenvalue weighted by Gasteiger charge is 2.19. The number of rotatable bonds is 5. The number of nitrogens with zero attached hydrogens (tertiary/aromatic N) is 4. The summed E-state index contributed by atoms with van der Waals surface area (Å²) in [5.74, 6) is 1.48. The van der Waals surface area contributed by atoms with Crippen LogP contribution in [0.3, 0.4) is 0 Å². The number of hydrogen-bond donors (Lipinski definition) is 2. The summed E-state index contributed by atoms with van der Waals surface area (Å²) in [6.07, 6.45) is 6.14. The number of thiazole rings is 1. The van der Waals surface area contributed by atoms with E-state index >= 15 is 0 Å². The van der Waals surface area contributed by atoms with Crippen molar-refractivity contribution < 1.29 is 4.74 Å². The lowest BCUT2D eigenvalue weighted by Gasteiger charge is -2.23. The number of benzene rings is 1. The highest BCUT2D eigenvalue weighted by Crippen LogP contribution is 2.34. The second-order valence-electron chi connectivity index (χ2n) is 7.05. The second kappa shape index (κ2) is 7.81. The summed E-state index contributed by atoms with van der Waals surface area (Å²) >= 11 is 1.61. The van der Waals surface area contributed by atoms with E-state index in [9.17, 15) is 0 Å². The summed E-state index contributed by atoms with van der Waals surface area (Å²) in [5.41, 5.74) is 3.76. The average molecular weight is 407 g/mol. The van der Waals surface area contributed by atoms with Crippen molar-refractivity contribution in [3.8, 4) is 28.4 Å². The Morgan fingerprint density at radius 2 is 2.10 bits per heavy atom. The van der Waals surface area contributed by atoms with Gasteiger partial charge < -0.3 is 15.4 Å². The Hall–Kier alpha value is -2.97. The fraction of sp³-hybridized carbons (Fsp3) is 0.286. The molecule has 148 valence electrons. The van der Waals surface area contributed by atoms with E-state index in [4.69, 9.17) is 14.7 Å². The number of anilines is 1. The molecular weight excluding hydrogens is 384 g/mol. The summed E-state index contributed by atoms with van der Waals surface area (Å²) in [6, 6.07) is 10.3. The van der Waals surface area contributed by atoms with E-state index in [1.54, 1.807) is 18.4 Å². The molecule has 7 nitrogen and oxygen atoms in total. The van der Waals surface area contributed by atoms with Crippen molar-refractivity contribution in [2.45, 2.75) is 18.9 Å².